The maximum atomic E-state index is 13.5. The Kier molecular flexibility index (Phi) is 3.01. The molecule has 0 saturated heterocycles. The molecule has 0 bridgehead atoms. The van der Waals surface area contributed by atoms with E-state index >= 15 is 0 Å². The van der Waals surface area contributed by atoms with Crippen LogP contribution in [0, 0.1) is 17.5 Å². The lowest BCUT2D eigenvalue weighted by Gasteiger charge is -2.05. The van der Waals surface area contributed by atoms with Gasteiger partial charge in [0, 0.05) is 5.56 Å². The Hall–Kier alpha value is -2.37. The molecule has 2 rings (SSSR count). The highest BCUT2D eigenvalue weighted by atomic mass is 19.2. The second-order valence-electron chi connectivity index (χ2n) is 3.46. The van der Waals surface area contributed by atoms with Gasteiger partial charge in [-0.2, -0.15) is 0 Å². The van der Waals surface area contributed by atoms with Crippen molar-refractivity contribution in [3.05, 3.63) is 53.5 Å². The first kappa shape index (κ1) is 12.1. The molecule has 0 aliphatic carbocycles. The zero-order valence-corrected chi connectivity index (χ0v) is 8.82. The van der Waals surface area contributed by atoms with Gasteiger partial charge < -0.3 is 5.11 Å². The van der Waals surface area contributed by atoms with Crippen molar-refractivity contribution in [2.75, 3.05) is 0 Å². The summed E-state index contributed by atoms with van der Waals surface area (Å²) < 4.78 is 39.6. The SMILES string of the molecule is O=C(O)c1cc(-c2cccc(F)c2F)ncc1F. The number of nitrogens with zero attached hydrogens (tertiary/aromatic N) is 1. The van der Waals surface area contributed by atoms with Crippen molar-refractivity contribution in [3.63, 3.8) is 0 Å². The van der Waals surface area contributed by atoms with E-state index in [1.54, 1.807) is 0 Å². The van der Waals surface area contributed by atoms with Crippen LogP contribution < -0.4 is 0 Å². The minimum Gasteiger partial charge on any atom is -0.478 e. The molecule has 0 atom stereocenters. The Morgan fingerprint density at radius 3 is 2.56 bits per heavy atom. The van der Waals surface area contributed by atoms with E-state index in [-0.39, 0.29) is 11.3 Å². The Morgan fingerprint density at radius 1 is 1.17 bits per heavy atom. The fourth-order valence-corrected chi connectivity index (χ4v) is 1.45. The van der Waals surface area contributed by atoms with Crippen molar-refractivity contribution in [1.29, 1.82) is 0 Å². The fraction of sp³-hybridized carbons (Fsp3) is 0. The van der Waals surface area contributed by atoms with Crippen LogP contribution in [0.15, 0.2) is 30.5 Å². The van der Waals surface area contributed by atoms with Crippen molar-refractivity contribution in [2.24, 2.45) is 0 Å². The topological polar surface area (TPSA) is 50.2 Å². The van der Waals surface area contributed by atoms with Crippen molar-refractivity contribution < 1.29 is 23.1 Å². The lowest BCUT2D eigenvalue weighted by atomic mass is 10.1. The fourth-order valence-electron chi connectivity index (χ4n) is 1.45. The van der Waals surface area contributed by atoms with Crippen LogP contribution in [0.25, 0.3) is 11.3 Å². The molecule has 0 spiro atoms. The van der Waals surface area contributed by atoms with Crippen LogP contribution in [0.1, 0.15) is 10.4 Å². The van der Waals surface area contributed by atoms with Gasteiger partial charge in [-0.05, 0) is 18.2 Å². The van der Waals surface area contributed by atoms with Crippen LogP contribution in [0.5, 0.6) is 0 Å². The molecular formula is C12H6F3NO2. The van der Waals surface area contributed by atoms with E-state index in [9.17, 15) is 18.0 Å². The summed E-state index contributed by atoms with van der Waals surface area (Å²) in [7, 11) is 0. The summed E-state index contributed by atoms with van der Waals surface area (Å²) >= 11 is 0. The van der Waals surface area contributed by atoms with E-state index in [0.717, 1.165) is 12.1 Å². The first-order valence-electron chi connectivity index (χ1n) is 4.84. The molecule has 0 radical (unpaired) electrons. The summed E-state index contributed by atoms with van der Waals surface area (Å²) in [5, 5.41) is 8.73. The van der Waals surface area contributed by atoms with Crippen molar-refractivity contribution in [1.82, 2.24) is 4.98 Å². The summed E-state index contributed by atoms with van der Waals surface area (Å²) in [6.45, 7) is 0. The predicted molar refractivity (Wildman–Crippen MR) is 56.5 cm³/mol. The van der Waals surface area contributed by atoms with Crippen LogP contribution in [-0.2, 0) is 0 Å². The molecule has 1 N–H and O–H groups in total. The lowest BCUT2D eigenvalue weighted by Crippen LogP contribution is -2.03. The van der Waals surface area contributed by atoms with Crippen LogP contribution in [0.4, 0.5) is 13.2 Å². The van der Waals surface area contributed by atoms with Gasteiger partial charge in [-0.3, -0.25) is 4.98 Å². The Balaban J connectivity index is 2.62. The van der Waals surface area contributed by atoms with Gasteiger partial charge in [0.15, 0.2) is 17.5 Å². The summed E-state index contributed by atoms with van der Waals surface area (Å²) in [6, 6.07) is 4.25. The highest BCUT2D eigenvalue weighted by molar-refractivity contribution is 5.89. The van der Waals surface area contributed by atoms with Gasteiger partial charge in [0.2, 0.25) is 0 Å². The predicted octanol–water partition coefficient (Wildman–Crippen LogP) is 2.86. The molecule has 1 heterocycles. The molecule has 0 fully saturated rings. The monoisotopic (exact) mass is 253 g/mol. The standard InChI is InChI=1S/C12H6F3NO2/c13-8-3-1-2-6(11(8)15)10-4-7(12(17)18)9(14)5-16-10/h1-5H,(H,17,18). The number of rotatable bonds is 2. The molecule has 0 amide bonds. The first-order chi connectivity index (χ1) is 8.50. The third kappa shape index (κ3) is 2.04. The lowest BCUT2D eigenvalue weighted by molar-refractivity contribution is 0.0691. The number of carbonyl (C=O) groups is 1. The van der Waals surface area contributed by atoms with E-state index in [1.807, 2.05) is 0 Å². The maximum absolute atomic E-state index is 13.5. The second kappa shape index (κ2) is 4.48. The van der Waals surface area contributed by atoms with E-state index in [2.05, 4.69) is 4.98 Å². The number of hydrogen-bond acceptors (Lipinski definition) is 2. The van der Waals surface area contributed by atoms with E-state index in [4.69, 9.17) is 5.11 Å². The third-order valence-corrected chi connectivity index (χ3v) is 2.31. The molecule has 18 heavy (non-hydrogen) atoms. The minimum absolute atomic E-state index is 0.147. The molecule has 0 aliphatic heterocycles. The second-order valence-corrected chi connectivity index (χ2v) is 3.46. The van der Waals surface area contributed by atoms with E-state index < -0.39 is 29.0 Å². The molecule has 6 heteroatoms. The Labute approximate surface area is 99.5 Å². The smallest absolute Gasteiger partial charge is 0.338 e. The van der Waals surface area contributed by atoms with Gasteiger partial charge in [-0.15, -0.1) is 0 Å². The molecule has 92 valence electrons. The van der Waals surface area contributed by atoms with Crippen molar-refractivity contribution in [3.8, 4) is 11.3 Å². The average Bonchev–Trinajstić information content (AvgIpc) is 2.33. The van der Waals surface area contributed by atoms with E-state index in [1.165, 1.54) is 12.1 Å². The normalized spacial score (nSPS) is 10.4. The molecule has 1 aromatic heterocycles. The average molecular weight is 253 g/mol. The number of carboxylic acid groups (broad SMARTS) is 1. The largest absolute Gasteiger partial charge is 0.478 e. The molecule has 2 aromatic rings. The number of pyridine rings is 1. The first-order valence-corrected chi connectivity index (χ1v) is 4.84. The van der Waals surface area contributed by atoms with Gasteiger partial charge in [0.1, 0.15) is 0 Å². The molecule has 0 unspecified atom stereocenters. The number of aromatic carboxylic acids is 1. The zero-order chi connectivity index (χ0) is 13.3. The third-order valence-electron chi connectivity index (χ3n) is 2.31. The Morgan fingerprint density at radius 2 is 1.89 bits per heavy atom. The zero-order valence-electron chi connectivity index (χ0n) is 8.82. The summed E-state index contributed by atoms with van der Waals surface area (Å²) in [5.41, 5.74) is -1.02. The van der Waals surface area contributed by atoms with Crippen LogP contribution in [0.3, 0.4) is 0 Å². The molecule has 3 nitrogen and oxygen atoms in total. The van der Waals surface area contributed by atoms with Gasteiger partial charge in [0.05, 0.1) is 17.5 Å². The van der Waals surface area contributed by atoms with E-state index in [0.29, 0.717) is 6.20 Å². The molecule has 0 aliphatic rings. The molecule has 1 aromatic carbocycles. The number of halogens is 3. The number of aromatic nitrogens is 1. The molecule has 0 saturated carbocycles. The number of carboxylic acids is 1. The van der Waals surface area contributed by atoms with Gasteiger partial charge in [0.25, 0.3) is 0 Å². The summed E-state index contributed by atoms with van der Waals surface area (Å²) in [6.07, 6.45) is 0.656. The number of hydrogen-bond donors (Lipinski definition) is 1. The van der Waals surface area contributed by atoms with Gasteiger partial charge in [-0.1, -0.05) is 6.07 Å². The quantitative estimate of drug-likeness (QED) is 0.895. The summed E-state index contributed by atoms with van der Waals surface area (Å²) in [5.74, 6) is -4.79. The molecular weight excluding hydrogens is 247 g/mol. The number of benzene rings is 1. The summed E-state index contributed by atoms with van der Waals surface area (Å²) in [4.78, 5) is 14.3. The maximum Gasteiger partial charge on any atom is 0.338 e. The Bertz CT molecular complexity index is 629. The van der Waals surface area contributed by atoms with Gasteiger partial charge in [-0.25, -0.2) is 18.0 Å². The van der Waals surface area contributed by atoms with Crippen molar-refractivity contribution in [2.45, 2.75) is 0 Å². The van der Waals surface area contributed by atoms with Crippen molar-refractivity contribution >= 4 is 5.97 Å². The highest BCUT2D eigenvalue weighted by Gasteiger charge is 2.16. The highest BCUT2D eigenvalue weighted by Crippen LogP contribution is 2.24. The van der Waals surface area contributed by atoms with Crippen LogP contribution in [0.2, 0.25) is 0 Å². The minimum atomic E-state index is -1.51. The van der Waals surface area contributed by atoms with Crippen LogP contribution >= 0.6 is 0 Å². The van der Waals surface area contributed by atoms with Gasteiger partial charge >= 0.3 is 5.97 Å². The van der Waals surface area contributed by atoms with Crippen LogP contribution in [-0.4, -0.2) is 16.1 Å².